The van der Waals surface area contributed by atoms with Crippen LogP contribution in [0.2, 0.25) is 0 Å². The number of fused-ring (bicyclic) bond motifs is 1. The molecule has 5 nitrogen and oxygen atoms in total. The van der Waals surface area contributed by atoms with E-state index in [9.17, 15) is 21.6 Å². The molecule has 3 rings (SSSR count). The predicted octanol–water partition coefficient (Wildman–Crippen LogP) is 2.00. The van der Waals surface area contributed by atoms with Gasteiger partial charge in [-0.25, -0.2) is 12.8 Å². The van der Waals surface area contributed by atoms with Gasteiger partial charge in [0.2, 0.25) is 5.17 Å². The molecule has 0 amide bonds. The Morgan fingerprint density at radius 3 is 2.55 bits per heavy atom. The minimum absolute atomic E-state index is 0.112. The fourth-order valence-electron chi connectivity index (χ4n) is 2.62. The van der Waals surface area contributed by atoms with E-state index in [0.29, 0.717) is 0 Å². The molecule has 0 spiro atoms. The van der Waals surface area contributed by atoms with Crippen molar-refractivity contribution in [2.45, 2.75) is 37.0 Å². The maximum absolute atomic E-state index is 14.1. The van der Waals surface area contributed by atoms with E-state index >= 15 is 0 Å². The van der Waals surface area contributed by atoms with Gasteiger partial charge < -0.3 is 5.32 Å². The van der Waals surface area contributed by atoms with E-state index in [1.54, 1.807) is 30.3 Å². The van der Waals surface area contributed by atoms with Crippen molar-refractivity contribution in [3.63, 3.8) is 0 Å². The average Bonchev–Trinajstić information content (AvgIpc) is 3.00. The van der Waals surface area contributed by atoms with Crippen LogP contribution in [0.5, 0.6) is 0 Å². The molecule has 2 aliphatic rings. The second-order valence-electron chi connectivity index (χ2n) is 5.36. The van der Waals surface area contributed by atoms with Crippen LogP contribution >= 0.6 is 0 Å². The van der Waals surface area contributed by atoms with Crippen LogP contribution < -0.4 is 5.32 Å². The van der Waals surface area contributed by atoms with Gasteiger partial charge in [-0.05, 0) is 5.56 Å². The van der Waals surface area contributed by atoms with Crippen molar-refractivity contribution in [3.05, 3.63) is 35.9 Å². The number of hydrazone groups is 1. The maximum atomic E-state index is 14.1. The lowest BCUT2D eigenvalue weighted by Gasteiger charge is -2.21. The Bertz CT molecular complexity index is 703. The highest BCUT2D eigenvalue weighted by Gasteiger charge is 2.52. The first-order valence-corrected chi connectivity index (χ1v) is 8.15. The second-order valence-corrected chi connectivity index (χ2v) is 7.47. The molecule has 1 fully saturated rings. The number of rotatable bonds is 2. The van der Waals surface area contributed by atoms with Gasteiger partial charge in [0.25, 0.3) is 9.84 Å². The van der Waals surface area contributed by atoms with Crippen LogP contribution in [0.15, 0.2) is 35.4 Å². The van der Waals surface area contributed by atoms with E-state index in [-0.39, 0.29) is 13.3 Å². The van der Waals surface area contributed by atoms with Crippen molar-refractivity contribution in [1.29, 1.82) is 0 Å². The Morgan fingerprint density at radius 1 is 1.32 bits per heavy atom. The molecule has 1 aromatic rings. The number of amidine groups is 1. The summed E-state index contributed by atoms with van der Waals surface area (Å²) in [5.41, 5.74) is 0.750. The summed E-state index contributed by atoms with van der Waals surface area (Å²) in [4.78, 5) is 0. The highest BCUT2D eigenvalue weighted by molar-refractivity contribution is 8.07. The van der Waals surface area contributed by atoms with Crippen LogP contribution in [0, 0.1) is 0 Å². The first-order valence-electron chi connectivity index (χ1n) is 6.67. The van der Waals surface area contributed by atoms with E-state index in [1.165, 1.54) is 5.01 Å². The Hall–Kier alpha value is -1.77. The lowest BCUT2D eigenvalue weighted by Crippen LogP contribution is -2.44. The molecule has 0 aromatic heterocycles. The summed E-state index contributed by atoms with van der Waals surface area (Å²) in [7, 11) is -4.95. The topological polar surface area (TPSA) is 61.8 Å². The number of sulfone groups is 1. The summed E-state index contributed by atoms with van der Waals surface area (Å²) < 4.78 is 64.0. The van der Waals surface area contributed by atoms with Gasteiger partial charge in [-0.3, -0.25) is 5.01 Å². The van der Waals surface area contributed by atoms with Crippen molar-refractivity contribution < 1.29 is 21.6 Å². The molecule has 0 aliphatic carbocycles. The summed E-state index contributed by atoms with van der Waals surface area (Å²) in [6, 6.07) is 8.35. The maximum Gasteiger partial charge on any atom is 0.350 e. The van der Waals surface area contributed by atoms with Gasteiger partial charge in [-0.2, -0.15) is 8.78 Å². The number of halogens is 3. The average molecular weight is 333 g/mol. The van der Waals surface area contributed by atoms with Crippen LogP contribution in [0.25, 0.3) is 0 Å². The van der Waals surface area contributed by atoms with E-state index in [4.69, 9.17) is 0 Å². The van der Waals surface area contributed by atoms with Crippen LogP contribution in [0.1, 0.15) is 24.9 Å². The number of hydrogen-bond acceptors (Lipinski definition) is 5. The fourth-order valence-corrected chi connectivity index (χ4v) is 3.44. The van der Waals surface area contributed by atoms with Gasteiger partial charge in [0.1, 0.15) is 12.3 Å². The van der Waals surface area contributed by atoms with Gasteiger partial charge in [0.15, 0.2) is 0 Å². The molecule has 1 saturated heterocycles. The molecule has 1 aromatic carbocycles. The quantitative estimate of drug-likeness (QED) is 0.899. The Morgan fingerprint density at radius 2 is 1.95 bits per heavy atom. The van der Waals surface area contributed by atoms with Crippen molar-refractivity contribution in [2.75, 3.05) is 0 Å². The summed E-state index contributed by atoms with van der Waals surface area (Å²) in [6.45, 7) is 0.275. The highest BCUT2D eigenvalue weighted by atomic mass is 32.2. The lowest BCUT2D eigenvalue weighted by molar-refractivity contribution is 0.116. The Balaban J connectivity index is 1.96. The van der Waals surface area contributed by atoms with Gasteiger partial charge in [-0.15, -0.1) is 5.10 Å². The van der Waals surface area contributed by atoms with Crippen LogP contribution in [0.3, 0.4) is 0 Å². The smallest absolute Gasteiger partial charge is 0.335 e. The number of nitrogens with zero attached hydrogens (tertiary/aromatic N) is 2. The highest BCUT2D eigenvalue weighted by Crippen LogP contribution is 2.40. The largest absolute Gasteiger partial charge is 0.350 e. The molecule has 3 atom stereocenters. The molecule has 120 valence electrons. The van der Waals surface area contributed by atoms with Crippen molar-refractivity contribution in [2.24, 2.45) is 5.10 Å². The molecule has 1 N–H and O–H groups in total. The number of benzene rings is 1. The number of alkyl halides is 3. The summed E-state index contributed by atoms with van der Waals surface area (Å²) >= 11 is 0. The zero-order chi connectivity index (χ0) is 16.1. The summed E-state index contributed by atoms with van der Waals surface area (Å²) in [5.74, 6) is 0. The molecule has 22 heavy (non-hydrogen) atoms. The number of nitrogens with one attached hydrogen (secondary N) is 1. The van der Waals surface area contributed by atoms with Gasteiger partial charge in [0.05, 0.1) is 6.04 Å². The lowest BCUT2D eigenvalue weighted by atomic mass is 10.1. The zero-order valence-corrected chi connectivity index (χ0v) is 12.4. The summed E-state index contributed by atoms with van der Waals surface area (Å²) in [5, 5.41) is 2.37. The Kier molecular flexibility index (Phi) is 3.35. The van der Waals surface area contributed by atoms with Crippen LogP contribution in [-0.2, 0) is 9.84 Å². The monoisotopic (exact) mass is 333 g/mol. The molecular weight excluding hydrogens is 319 g/mol. The fraction of sp³-hybridized carbons (Fsp3) is 0.462. The van der Waals surface area contributed by atoms with Crippen molar-refractivity contribution in [1.82, 2.24) is 10.3 Å². The minimum Gasteiger partial charge on any atom is -0.335 e. The Labute approximate surface area is 125 Å². The predicted molar refractivity (Wildman–Crippen MR) is 74.4 cm³/mol. The second kappa shape index (κ2) is 4.87. The van der Waals surface area contributed by atoms with E-state index in [2.05, 4.69) is 10.4 Å². The SMILES string of the molecule is CC(F)(F)S(=O)(=O)C1=NN2C(N1)[C@@H](F)C[C@H]2c1ccccc1. The molecular formula is C13H14F3N3O2S. The summed E-state index contributed by atoms with van der Waals surface area (Å²) in [6.07, 6.45) is -2.34. The van der Waals surface area contributed by atoms with Crippen LogP contribution in [0.4, 0.5) is 13.2 Å². The van der Waals surface area contributed by atoms with E-state index in [1.807, 2.05) is 0 Å². The third-order valence-corrected chi connectivity index (χ3v) is 5.44. The molecule has 0 bridgehead atoms. The van der Waals surface area contributed by atoms with Crippen LogP contribution in [-0.4, -0.2) is 36.2 Å². The first-order chi connectivity index (χ1) is 10.2. The molecule has 2 aliphatic heterocycles. The van der Waals surface area contributed by atoms with E-state index in [0.717, 1.165) is 5.56 Å². The molecule has 9 heteroatoms. The third-order valence-electron chi connectivity index (χ3n) is 3.78. The normalized spacial score (nSPS) is 28.3. The molecule has 1 unspecified atom stereocenters. The van der Waals surface area contributed by atoms with Gasteiger partial charge >= 0.3 is 5.25 Å². The van der Waals surface area contributed by atoms with Crippen molar-refractivity contribution >= 4 is 15.0 Å². The molecule has 0 saturated carbocycles. The molecule has 2 heterocycles. The zero-order valence-electron chi connectivity index (χ0n) is 11.6. The van der Waals surface area contributed by atoms with Crippen molar-refractivity contribution in [3.8, 4) is 0 Å². The first kappa shape index (κ1) is 15.1. The van der Waals surface area contributed by atoms with Gasteiger partial charge in [-0.1, -0.05) is 30.3 Å². The third kappa shape index (κ3) is 2.23. The minimum atomic E-state index is -4.95. The molecule has 0 radical (unpaired) electrons. The number of hydrogen-bond donors (Lipinski definition) is 1. The standard InChI is InChI=1S/C13H14F3N3O2S/c1-13(15,16)22(20,21)12-17-11-9(14)7-10(19(11)18-12)8-5-3-2-4-6-8/h2-6,9-11H,7H2,1H3,(H,17,18)/t9-,10-,11?/m0/s1. The van der Waals surface area contributed by atoms with E-state index < -0.39 is 38.6 Å². The van der Waals surface area contributed by atoms with Gasteiger partial charge in [0, 0.05) is 13.3 Å².